The van der Waals surface area contributed by atoms with Crippen LogP contribution in [0.15, 0.2) is 67.0 Å². The van der Waals surface area contributed by atoms with Crippen molar-refractivity contribution in [3.63, 3.8) is 0 Å². The summed E-state index contributed by atoms with van der Waals surface area (Å²) in [5, 5.41) is 12.5. The summed E-state index contributed by atoms with van der Waals surface area (Å²) in [4.78, 5) is 26.2. The van der Waals surface area contributed by atoms with Crippen LogP contribution < -0.4 is 9.64 Å². The fourth-order valence-electron chi connectivity index (χ4n) is 7.50. The number of benzene rings is 3. The molecule has 51 heavy (non-hydrogen) atoms. The molecule has 0 radical (unpaired) electrons. The van der Waals surface area contributed by atoms with E-state index in [1.54, 1.807) is 19.2 Å². The van der Waals surface area contributed by atoms with Crippen molar-refractivity contribution >= 4 is 46.1 Å². The molecule has 2 saturated heterocycles. The van der Waals surface area contributed by atoms with Crippen molar-refractivity contribution in [2.24, 2.45) is 0 Å². The molecule has 3 aromatic carbocycles. The molecule has 2 aliphatic heterocycles. The minimum Gasteiger partial charge on any atom is -0.496 e. The number of methoxy groups -OCH3 is 1. The van der Waals surface area contributed by atoms with Crippen molar-refractivity contribution in [1.29, 1.82) is 0 Å². The van der Waals surface area contributed by atoms with Gasteiger partial charge >= 0.3 is 0 Å². The van der Waals surface area contributed by atoms with E-state index in [1.165, 1.54) is 11.0 Å². The van der Waals surface area contributed by atoms with Crippen LogP contribution in [0.25, 0.3) is 16.7 Å². The van der Waals surface area contributed by atoms with Crippen LogP contribution in [0.3, 0.4) is 0 Å². The number of halogens is 2. The molecule has 0 saturated carbocycles. The third-order valence-corrected chi connectivity index (χ3v) is 11.0. The molecule has 2 aliphatic rings. The van der Waals surface area contributed by atoms with Crippen LogP contribution in [0.2, 0.25) is 10.0 Å². The highest BCUT2D eigenvalue weighted by Gasteiger charge is 2.42. The average Bonchev–Trinajstić information content (AvgIpc) is 3.89. The van der Waals surface area contributed by atoms with Crippen LogP contribution in [0, 0.1) is 0 Å². The van der Waals surface area contributed by atoms with E-state index in [-0.39, 0.29) is 11.3 Å². The summed E-state index contributed by atoms with van der Waals surface area (Å²) in [6.45, 7) is 9.87. The second kappa shape index (κ2) is 15.6. The first-order chi connectivity index (χ1) is 24.9. The van der Waals surface area contributed by atoms with E-state index in [2.05, 4.69) is 54.2 Å². The van der Waals surface area contributed by atoms with Gasteiger partial charge in [-0.3, -0.25) is 4.79 Å². The predicted molar refractivity (Wildman–Crippen MR) is 198 cm³/mol. The molecular formula is C37H43Cl2N9O3. The SMILES string of the molecule is CCOCCn1c(N2CCCN(CC[C@]3(c4ccc(Cl)c(Cl)c4)CCN(C(=O)c4cc(-n5cnnn5)ccc4OC)C3)CC2)nc2ccccc21. The highest BCUT2D eigenvalue weighted by Crippen LogP contribution is 2.41. The quantitative estimate of drug-likeness (QED) is 0.148. The molecule has 2 aromatic heterocycles. The number of fused-ring (bicyclic) bond motifs is 1. The number of aromatic nitrogens is 6. The van der Waals surface area contributed by atoms with Crippen molar-refractivity contribution in [3.8, 4) is 11.4 Å². The molecule has 2 fully saturated rings. The smallest absolute Gasteiger partial charge is 0.257 e. The van der Waals surface area contributed by atoms with Gasteiger partial charge in [0.25, 0.3) is 5.91 Å². The first-order valence-corrected chi connectivity index (χ1v) is 18.3. The third-order valence-electron chi connectivity index (χ3n) is 10.3. The van der Waals surface area contributed by atoms with Gasteiger partial charge in [0.15, 0.2) is 0 Å². The van der Waals surface area contributed by atoms with Crippen molar-refractivity contribution in [2.45, 2.75) is 38.1 Å². The molecule has 7 rings (SSSR count). The van der Waals surface area contributed by atoms with E-state index in [1.807, 2.05) is 36.1 Å². The number of ether oxygens (including phenoxy) is 2. The zero-order valence-electron chi connectivity index (χ0n) is 29.0. The van der Waals surface area contributed by atoms with Crippen LogP contribution in [-0.4, -0.2) is 112 Å². The maximum absolute atomic E-state index is 14.2. The minimum atomic E-state index is -0.302. The van der Waals surface area contributed by atoms with Gasteiger partial charge < -0.3 is 28.7 Å². The van der Waals surface area contributed by atoms with Gasteiger partial charge in [0.05, 0.1) is 46.0 Å². The van der Waals surface area contributed by atoms with E-state index >= 15 is 0 Å². The van der Waals surface area contributed by atoms with Gasteiger partial charge in [-0.1, -0.05) is 41.4 Å². The lowest BCUT2D eigenvalue weighted by Gasteiger charge is -2.33. The van der Waals surface area contributed by atoms with Crippen LogP contribution in [0.5, 0.6) is 5.75 Å². The Kier molecular flexibility index (Phi) is 10.7. The second-order valence-electron chi connectivity index (χ2n) is 13.2. The molecule has 4 heterocycles. The van der Waals surface area contributed by atoms with Gasteiger partial charge in [0, 0.05) is 51.3 Å². The minimum absolute atomic E-state index is 0.0960. The summed E-state index contributed by atoms with van der Waals surface area (Å²) in [6, 6.07) is 19.6. The Labute approximate surface area is 307 Å². The number of carbonyl (C=O) groups is 1. The predicted octanol–water partition coefficient (Wildman–Crippen LogP) is 5.75. The summed E-state index contributed by atoms with van der Waals surface area (Å²) in [5.41, 5.74) is 4.09. The monoisotopic (exact) mass is 731 g/mol. The molecule has 14 heteroatoms. The van der Waals surface area contributed by atoms with Crippen LogP contribution >= 0.6 is 23.2 Å². The molecule has 0 unspecified atom stereocenters. The molecule has 0 bridgehead atoms. The molecule has 268 valence electrons. The largest absolute Gasteiger partial charge is 0.496 e. The zero-order chi connectivity index (χ0) is 35.4. The van der Waals surface area contributed by atoms with Gasteiger partial charge in [-0.15, -0.1) is 5.10 Å². The molecule has 0 aliphatic carbocycles. The molecule has 0 spiro atoms. The molecule has 1 amide bonds. The van der Waals surface area contributed by atoms with Crippen molar-refractivity contribution in [2.75, 3.05) is 71.0 Å². The van der Waals surface area contributed by atoms with Crippen molar-refractivity contribution in [1.82, 2.24) is 39.6 Å². The Bertz CT molecular complexity index is 1970. The number of para-hydroxylation sites is 2. The lowest BCUT2D eigenvalue weighted by atomic mass is 9.76. The molecule has 0 N–H and O–H groups in total. The van der Waals surface area contributed by atoms with Gasteiger partial charge in [-0.25, -0.2) is 9.67 Å². The topological polar surface area (TPSA) is 107 Å². The maximum Gasteiger partial charge on any atom is 0.257 e. The number of nitrogens with zero attached hydrogens (tertiary/aromatic N) is 9. The van der Waals surface area contributed by atoms with E-state index in [9.17, 15) is 4.79 Å². The second-order valence-corrected chi connectivity index (χ2v) is 14.0. The highest BCUT2D eigenvalue weighted by molar-refractivity contribution is 6.42. The fourth-order valence-corrected chi connectivity index (χ4v) is 7.80. The number of imidazole rings is 1. The number of rotatable bonds is 12. The first-order valence-electron chi connectivity index (χ1n) is 17.6. The first kappa shape index (κ1) is 35.2. The summed E-state index contributed by atoms with van der Waals surface area (Å²) in [7, 11) is 1.58. The Morgan fingerprint density at radius 1 is 0.961 bits per heavy atom. The Morgan fingerprint density at radius 3 is 2.65 bits per heavy atom. The van der Waals surface area contributed by atoms with E-state index in [4.69, 9.17) is 37.7 Å². The number of amides is 1. The van der Waals surface area contributed by atoms with Crippen LogP contribution in [-0.2, 0) is 16.7 Å². The number of tetrazole rings is 1. The Hall–Kier alpha value is -4.23. The number of anilines is 1. The number of hydrogen-bond donors (Lipinski definition) is 0. The number of carbonyl (C=O) groups excluding carboxylic acids is 1. The van der Waals surface area contributed by atoms with Crippen LogP contribution in [0.4, 0.5) is 5.95 Å². The summed E-state index contributed by atoms with van der Waals surface area (Å²) in [6.07, 6.45) is 4.19. The summed E-state index contributed by atoms with van der Waals surface area (Å²) >= 11 is 13.0. The van der Waals surface area contributed by atoms with Crippen molar-refractivity contribution < 1.29 is 14.3 Å². The molecule has 1 atom stereocenters. The lowest BCUT2D eigenvalue weighted by Crippen LogP contribution is -2.39. The van der Waals surface area contributed by atoms with Gasteiger partial charge in [-0.05, 0) is 97.7 Å². The van der Waals surface area contributed by atoms with Crippen molar-refractivity contribution in [3.05, 3.63) is 88.2 Å². The normalized spacial score (nSPS) is 18.4. The number of likely N-dealkylation sites (tertiary alicyclic amines) is 1. The molecule has 5 aromatic rings. The third kappa shape index (κ3) is 7.41. The summed E-state index contributed by atoms with van der Waals surface area (Å²) in [5.74, 6) is 1.42. The maximum atomic E-state index is 14.2. The molecule has 12 nitrogen and oxygen atoms in total. The van der Waals surface area contributed by atoms with Gasteiger partial charge in [0.2, 0.25) is 5.95 Å². The van der Waals surface area contributed by atoms with E-state index in [0.717, 1.165) is 81.1 Å². The number of hydrogen-bond acceptors (Lipinski definition) is 9. The zero-order valence-corrected chi connectivity index (χ0v) is 30.6. The van der Waals surface area contributed by atoms with Gasteiger partial charge in [0.1, 0.15) is 12.1 Å². The van der Waals surface area contributed by atoms with E-state index in [0.29, 0.717) is 53.3 Å². The Balaban J connectivity index is 1.09. The highest BCUT2D eigenvalue weighted by atomic mass is 35.5. The van der Waals surface area contributed by atoms with Crippen LogP contribution in [0.1, 0.15) is 42.1 Å². The Morgan fingerprint density at radius 2 is 1.84 bits per heavy atom. The average molecular weight is 733 g/mol. The molecular weight excluding hydrogens is 689 g/mol. The van der Waals surface area contributed by atoms with E-state index < -0.39 is 0 Å². The standard InChI is InChI=1S/C37H43Cl2N9O3/c1-3-51-22-21-47-33-8-5-4-7-32(33)41-36(47)45-16-6-15-44(19-20-45)17-13-37(27-9-11-30(38)31(39)23-27)14-18-46(25-37)35(49)29-24-28(10-12-34(29)50-2)48-26-40-42-43-48/h4-5,7-12,23-24,26H,3,6,13-22,25H2,1-2H3/t37-/m0/s1. The van der Waals surface area contributed by atoms with Gasteiger partial charge in [-0.2, -0.15) is 0 Å². The fraction of sp³-hybridized carbons (Fsp3) is 0.432. The lowest BCUT2D eigenvalue weighted by molar-refractivity contribution is 0.0777. The summed E-state index contributed by atoms with van der Waals surface area (Å²) < 4.78 is 15.2.